The number of primary amides is 1. The second-order valence-electron chi connectivity index (χ2n) is 5.54. The minimum Gasteiger partial charge on any atom is -0.457 e. The van der Waals surface area contributed by atoms with Crippen molar-refractivity contribution in [2.75, 3.05) is 6.54 Å². The lowest BCUT2D eigenvalue weighted by Gasteiger charge is -2.19. The fourth-order valence-electron chi connectivity index (χ4n) is 2.11. The number of benzene rings is 2. The SMILES string of the molecule is CC(/C=C/c1cccc(Oc2ccccc2)c1)N(O)C(=O)CNC(N)=O. The molecule has 4 N–H and O–H groups in total. The van der Waals surface area contributed by atoms with Gasteiger partial charge in [-0.05, 0) is 36.8 Å². The normalized spacial score (nSPS) is 11.8. The standard InChI is InChI=1S/C19H21N3O4/c1-14(22(25)18(23)13-21-19(20)24)10-11-15-6-5-9-17(12-15)26-16-7-3-2-4-8-16/h2-12,14,25H,13H2,1H3,(H3,20,21,24)/b11-10+. The van der Waals surface area contributed by atoms with Gasteiger partial charge in [-0.15, -0.1) is 0 Å². The number of nitrogens with one attached hydrogen (secondary N) is 1. The number of carbonyl (C=O) groups excluding carboxylic acids is 2. The summed E-state index contributed by atoms with van der Waals surface area (Å²) in [5.41, 5.74) is 5.74. The van der Waals surface area contributed by atoms with Crippen LogP contribution in [-0.2, 0) is 4.79 Å². The van der Waals surface area contributed by atoms with Crippen molar-refractivity contribution in [2.45, 2.75) is 13.0 Å². The average molecular weight is 355 g/mol. The molecule has 0 spiro atoms. The number of hydrogen-bond acceptors (Lipinski definition) is 4. The predicted octanol–water partition coefficient (Wildman–Crippen LogP) is 2.77. The summed E-state index contributed by atoms with van der Waals surface area (Å²) in [6.45, 7) is 1.27. The quantitative estimate of drug-likeness (QED) is 0.524. The number of urea groups is 1. The van der Waals surface area contributed by atoms with Crippen LogP contribution < -0.4 is 15.8 Å². The van der Waals surface area contributed by atoms with E-state index in [9.17, 15) is 14.8 Å². The summed E-state index contributed by atoms with van der Waals surface area (Å²) in [5.74, 6) is 0.742. The zero-order chi connectivity index (χ0) is 18.9. The molecule has 26 heavy (non-hydrogen) atoms. The Bertz CT molecular complexity index is 777. The minimum atomic E-state index is -0.829. The summed E-state index contributed by atoms with van der Waals surface area (Å²) in [6.07, 6.45) is 3.42. The van der Waals surface area contributed by atoms with Crippen LogP contribution in [0, 0.1) is 0 Å². The number of ether oxygens (including phenoxy) is 1. The van der Waals surface area contributed by atoms with E-state index in [1.54, 1.807) is 19.1 Å². The molecule has 0 saturated carbocycles. The maximum absolute atomic E-state index is 11.7. The first-order valence-electron chi connectivity index (χ1n) is 8.01. The monoisotopic (exact) mass is 355 g/mol. The molecule has 0 fully saturated rings. The van der Waals surface area contributed by atoms with Crippen molar-refractivity contribution in [3.8, 4) is 11.5 Å². The Morgan fingerprint density at radius 2 is 1.88 bits per heavy atom. The van der Waals surface area contributed by atoms with E-state index < -0.39 is 18.0 Å². The molecule has 1 unspecified atom stereocenters. The van der Waals surface area contributed by atoms with Crippen molar-refractivity contribution in [2.24, 2.45) is 5.73 Å². The van der Waals surface area contributed by atoms with E-state index in [2.05, 4.69) is 5.32 Å². The maximum atomic E-state index is 11.7. The first-order chi connectivity index (χ1) is 12.5. The van der Waals surface area contributed by atoms with Gasteiger partial charge in [-0.1, -0.05) is 42.5 Å². The molecule has 1 atom stereocenters. The van der Waals surface area contributed by atoms with E-state index >= 15 is 0 Å². The van der Waals surface area contributed by atoms with Crippen LogP contribution in [0.4, 0.5) is 4.79 Å². The number of nitrogens with two attached hydrogens (primary N) is 1. The van der Waals surface area contributed by atoms with Gasteiger partial charge in [-0.25, -0.2) is 9.86 Å². The van der Waals surface area contributed by atoms with Crippen LogP contribution in [0.5, 0.6) is 11.5 Å². The molecule has 0 saturated heterocycles. The second-order valence-corrected chi connectivity index (χ2v) is 5.54. The molecule has 0 aromatic heterocycles. The van der Waals surface area contributed by atoms with E-state index in [1.807, 2.05) is 54.6 Å². The molecule has 0 aliphatic rings. The fourth-order valence-corrected chi connectivity index (χ4v) is 2.11. The molecule has 0 heterocycles. The lowest BCUT2D eigenvalue weighted by Crippen LogP contribution is -2.43. The van der Waals surface area contributed by atoms with Crippen molar-refractivity contribution < 1.29 is 19.5 Å². The van der Waals surface area contributed by atoms with Gasteiger partial charge in [0.05, 0.1) is 6.04 Å². The first kappa shape index (κ1) is 19.0. The third kappa shape index (κ3) is 5.95. The lowest BCUT2D eigenvalue weighted by molar-refractivity contribution is -0.168. The van der Waals surface area contributed by atoms with Gasteiger partial charge < -0.3 is 15.8 Å². The number of carbonyl (C=O) groups is 2. The van der Waals surface area contributed by atoms with E-state index in [4.69, 9.17) is 10.5 Å². The molecule has 2 aromatic carbocycles. The Morgan fingerprint density at radius 1 is 1.19 bits per heavy atom. The van der Waals surface area contributed by atoms with Crippen LogP contribution in [0.3, 0.4) is 0 Å². The third-order valence-corrected chi connectivity index (χ3v) is 3.46. The molecular formula is C19H21N3O4. The fraction of sp³-hybridized carbons (Fsp3) is 0.158. The highest BCUT2D eigenvalue weighted by Gasteiger charge is 2.15. The number of nitrogens with zero attached hydrogens (tertiary/aromatic N) is 1. The molecule has 0 radical (unpaired) electrons. The van der Waals surface area contributed by atoms with Crippen molar-refractivity contribution in [1.29, 1.82) is 0 Å². The van der Waals surface area contributed by atoms with Crippen molar-refractivity contribution in [1.82, 2.24) is 10.4 Å². The number of rotatable bonds is 7. The highest BCUT2D eigenvalue weighted by Crippen LogP contribution is 2.22. The molecule has 2 aromatic rings. The zero-order valence-electron chi connectivity index (χ0n) is 14.3. The van der Waals surface area contributed by atoms with Crippen LogP contribution in [0.25, 0.3) is 6.08 Å². The van der Waals surface area contributed by atoms with Crippen LogP contribution in [0.2, 0.25) is 0 Å². The van der Waals surface area contributed by atoms with Crippen LogP contribution >= 0.6 is 0 Å². The largest absolute Gasteiger partial charge is 0.457 e. The maximum Gasteiger partial charge on any atom is 0.312 e. The summed E-state index contributed by atoms with van der Waals surface area (Å²) in [4.78, 5) is 22.3. The van der Waals surface area contributed by atoms with Crippen molar-refractivity contribution in [3.63, 3.8) is 0 Å². The van der Waals surface area contributed by atoms with Gasteiger partial charge in [0, 0.05) is 0 Å². The van der Waals surface area contributed by atoms with Gasteiger partial charge >= 0.3 is 6.03 Å². The molecule has 7 nitrogen and oxygen atoms in total. The minimum absolute atomic E-state index is 0.371. The van der Waals surface area contributed by atoms with Crippen molar-refractivity contribution in [3.05, 3.63) is 66.2 Å². The Kier molecular flexibility index (Phi) is 6.75. The summed E-state index contributed by atoms with van der Waals surface area (Å²) in [6, 6.07) is 15.4. The summed E-state index contributed by atoms with van der Waals surface area (Å²) in [5, 5.41) is 12.5. The lowest BCUT2D eigenvalue weighted by atomic mass is 10.1. The summed E-state index contributed by atoms with van der Waals surface area (Å²) < 4.78 is 5.77. The molecule has 7 heteroatoms. The van der Waals surface area contributed by atoms with Gasteiger partial charge in [0.1, 0.15) is 18.0 Å². The molecule has 0 bridgehead atoms. The average Bonchev–Trinajstić information content (AvgIpc) is 2.64. The number of hydroxylamine groups is 2. The third-order valence-electron chi connectivity index (χ3n) is 3.46. The van der Waals surface area contributed by atoms with Gasteiger partial charge in [0.15, 0.2) is 0 Å². The molecule has 2 rings (SSSR count). The Balaban J connectivity index is 1.97. The molecule has 0 aliphatic carbocycles. The molecule has 136 valence electrons. The Labute approximate surface area is 151 Å². The van der Waals surface area contributed by atoms with Gasteiger partial charge in [-0.2, -0.15) is 0 Å². The molecule has 3 amide bonds. The smallest absolute Gasteiger partial charge is 0.312 e. The first-order valence-corrected chi connectivity index (χ1v) is 8.01. The van der Waals surface area contributed by atoms with Crippen molar-refractivity contribution >= 4 is 18.0 Å². The molecular weight excluding hydrogens is 334 g/mol. The Hall–Kier alpha value is -3.32. The van der Waals surface area contributed by atoms with E-state index in [0.29, 0.717) is 10.8 Å². The van der Waals surface area contributed by atoms with Crippen LogP contribution in [-0.4, -0.2) is 34.8 Å². The predicted molar refractivity (Wildman–Crippen MR) is 97.7 cm³/mol. The molecule has 0 aliphatic heterocycles. The van der Waals surface area contributed by atoms with Gasteiger partial charge in [0.2, 0.25) is 0 Å². The summed E-state index contributed by atoms with van der Waals surface area (Å²) in [7, 11) is 0. The van der Waals surface area contributed by atoms with Crippen LogP contribution in [0.1, 0.15) is 12.5 Å². The highest BCUT2D eigenvalue weighted by molar-refractivity contribution is 5.82. The van der Waals surface area contributed by atoms with E-state index in [-0.39, 0.29) is 6.54 Å². The van der Waals surface area contributed by atoms with Crippen LogP contribution in [0.15, 0.2) is 60.7 Å². The topological polar surface area (TPSA) is 105 Å². The van der Waals surface area contributed by atoms with E-state index in [0.717, 1.165) is 11.3 Å². The van der Waals surface area contributed by atoms with Gasteiger partial charge in [0.25, 0.3) is 5.91 Å². The zero-order valence-corrected chi connectivity index (χ0v) is 14.3. The summed E-state index contributed by atoms with van der Waals surface area (Å²) >= 11 is 0. The Morgan fingerprint density at radius 3 is 2.58 bits per heavy atom. The second kappa shape index (κ2) is 9.24. The number of para-hydroxylation sites is 1. The van der Waals surface area contributed by atoms with Gasteiger partial charge in [-0.3, -0.25) is 10.0 Å². The number of amides is 3. The van der Waals surface area contributed by atoms with E-state index in [1.165, 1.54) is 0 Å². The highest BCUT2D eigenvalue weighted by atomic mass is 16.5. The number of hydrogen-bond donors (Lipinski definition) is 3.